The lowest BCUT2D eigenvalue weighted by molar-refractivity contribution is 0.384. The molecule has 0 bridgehead atoms. The van der Waals surface area contributed by atoms with Crippen molar-refractivity contribution >= 4 is 0 Å². The predicted molar refractivity (Wildman–Crippen MR) is 68.7 cm³/mol. The molecule has 0 spiro atoms. The van der Waals surface area contributed by atoms with Crippen LogP contribution in [0.1, 0.15) is 56.6 Å². The van der Waals surface area contributed by atoms with Gasteiger partial charge < -0.3 is 9.88 Å². The first-order valence-electron chi connectivity index (χ1n) is 6.85. The number of hydrogen-bond donors (Lipinski definition) is 1. The molecule has 0 aromatic carbocycles. The van der Waals surface area contributed by atoms with E-state index >= 15 is 0 Å². The summed E-state index contributed by atoms with van der Waals surface area (Å²) in [5.41, 5.74) is 0. The zero-order valence-electron chi connectivity index (χ0n) is 11.1. The summed E-state index contributed by atoms with van der Waals surface area (Å²) in [6.07, 6.45) is 9.61. The van der Waals surface area contributed by atoms with Crippen LogP contribution in [0.25, 0.3) is 0 Å². The van der Waals surface area contributed by atoms with Gasteiger partial charge in [-0.15, -0.1) is 10.2 Å². The van der Waals surface area contributed by atoms with Crippen LogP contribution in [0.15, 0.2) is 0 Å². The van der Waals surface area contributed by atoms with E-state index in [4.69, 9.17) is 0 Å². The maximum atomic E-state index is 4.19. The fraction of sp³-hybridized carbons (Fsp3) is 0.846. The second-order valence-electron chi connectivity index (χ2n) is 5.15. The molecule has 17 heavy (non-hydrogen) atoms. The quantitative estimate of drug-likeness (QED) is 0.876. The maximum absolute atomic E-state index is 4.19. The van der Waals surface area contributed by atoms with Crippen molar-refractivity contribution in [1.29, 1.82) is 0 Å². The number of aryl methyl sites for hydroxylation is 1. The Morgan fingerprint density at radius 1 is 1.12 bits per heavy atom. The molecule has 1 aromatic rings. The molecule has 1 aliphatic rings. The molecule has 1 N–H and O–H groups in total. The van der Waals surface area contributed by atoms with Crippen LogP contribution < -0.4 is 5.32 Å². The van der Waals surface area contributed by atoms with Crippen molar-refractivity contribution in [3.63, 3.8) is 0 Å². The van der Waals surface area contributed by atoms with E-state index in [9.17, 15) is 0 Å². The van der Waals surface area contributed by atoms with Crippen molar-refractivity contribution in [2.75, 3.05) is 0 Å². The molecule has 1 aromatic heterocycles. The maximum Gasteiger partial charge on any atom is 0.146 e. The van der Waals surface area contributed by atoms with Crippen molar-refractivity contribution < 1.29 is 0 Å². The van der Waals surface area contributed by atoms with Crippen LogP contribution in [-0.2, 0) is 13.6 Å². The normalized spacial score (nSPS) is 18.9. The summed E-state index contributed by atoms with van der Waals surface area (Å²) in [5.74, 6) is 2.03. The molecule has 0 atom stereocenters. The molecule has 0 radical (unpaired) electrons. The first-order chi connectivity index (χ1) is 8.27. The fourth-order valence-corrected chi connectivity index (χ4v) is 2.50. The molecule has 4 heteroatoms. The van der Waals surface area contributed by atoms with E-state index < -0.39 is 0 Å². The number of nitrogens with zero attached hydrogens (tertiary/aromatic N) is 3. The van der Waals surface area contributed by atoms with Gasteiger partial charge in [-0.25, -0.2) is 0 Å². The van der Waals surface area contributed by atoms with Crippen molar-refractivity contribution in [1.82, 2.24) is 20.1 Å². The van der Waals surface area contributed by atoms with E-state index in [1.165, 1.54) is 44.9 Å². The molecule has 0 aliphatic heterocycles. The minimum absolute atomic E-state index is 0.673. The Balaban J connectivity index is 1.82. The smallest absolute Gasteiger partial charge is 0.146 e. The van der Waals surface area contributed by atoms with Gasteiger partial charge in [-0.3, -0.25) is 0 Å². The number of rotatable bonds is 3. The summed E-state index contributed by atoms with van der Waals surface area (Å²) in [4.78, 5) is 0. The molecular formula is C13H24N4. The summed E-state index contributed by atoms with van der Waals surface area (Å²) >= 11 is 0. The highest BCUT2D eigenvalue weighted by molar-refractivity contribution is 4.92. The minimum Gasteiger partial charge on any atom is -0.317 e. The van der Waals surface area contributed by atoms with Crippen LogP contribution in [0.5, 0.6) is 0 Å². The Morgan fingerprint density at radius 3 is 2.35 bits per heavy atom. The van der Waals surface area contributed by atoms with Gasteiger partial charge >= 0.3 is 0 Å². The summed E-state index contributed by atoms with van der Waals surface area (Å²) in [6.45, 7) is 2.84. The molecule has 0 saturated heterocycles. The lowest BCUT2D eigenvalue weighted by atomic mass is 9.97. The predicted octanol–water partition coefficient (Wildman–Crippen LogP) is 2.33. The van der Waals surface area contributed by atoms with E-state index in [-0.39, 0.29) is 0 Å². The zero-order chi connectivity index (χ0) is 12.1. The monoisotopic (exact) mass is 236 g/mol. The van der Waals surface area contributed by atoms with Crippen molar-refractivity contribution in [3.05, 3.63) is 11.6 Å². The highest BCUT2D eigenvalue weighted by Crippen LogP contribution is 2.17. The van der Waals surface area contributed by atoms with E-state index in [1.54, 1.807) is 0 Å². The fourth-order valence-electron chi connectivity index (χ4n) is 2.50. The van der Waals surface area contributed by atoms with E-state index in [1.807, 2.05) is 14.0 Å². The van der Waals surface area contributed by atoms with Crippen LogP contribution >= 0.6 is 0 Å². The van der Waals surface area contributed by atoms with Gasteiger partial charge in [-0.05, 0) is 19.8 Å². The first-order valence-corrected chi connectivity index (χ1v) is 6.85. The van der Waals surface area contributed by atoms with Crippen molar-refractivity contribution in [3.8, 4) is 0 Å². The van der Waals surface area contributed by atoms with Gasteiger partial charge in [-0.1, -0.05) is 32.1 Å². The molecule has 0 amide bonds. The van der Waals surface area contributed by atoms with Crippen LogP contribution in [0.3, 0.4) is 0 Å². The van der Waals surface area contributed by atoms with Gasteiger partial charge in [0.25, 0.3) is 0 Å². The Labute approximate surface area is 104 Å². The zero-order valence-corrected chi connectivity index (χ0v) is 11.1. The largest absolute Gasteiger partial charge is 0.317 e. The Hall–Kier alpha value is -0.900. The molecular weight excluding hydrogens is 212 g/mol. The average molecular weight is 236 g/mol. The lowest BCUT2D eigenvalue weighted by Gasteiger charge is -2.20. The minimum atomic E-state index is 0.673. The molecule has 1 saturated carbocycles. The number of hydrogen-bond acceptors (Lipinski definition) is 3. The molecule has 4 nitrogen and oxygen atoms in total. The van der Waals surface area contributed by atoms with Gasteiger partial charge in [0, 0.05) is 13.1 Å². The highest BCUT2D eigenvalue weighted by atomic mass is 15.3. The summed E-state index contributed by atoms with van der Waals surface area (Å²) in [6, 6.07) is 0.673. The Bertz CT molecular complexity index is 337. The standard InChI is InChI=1S/C13H24N4/c1-11-15-16-13(17(11)2)10-14-12-8-6-4-3-5-7-9-12/h12,14H,3-10H2,1-2H3. The SMILES string of the molecule is Cc1nnc(CNC2CCCCCCC2)n1C. The van der Waals surface area contributed by atoms with Gasteiger partial charge in [0.1, 0.15) is 11.6 Å². The summed E-state index contributed by atoms with van der Waals surface area (Å²) in [5, 5.41) is 11.9. The average Bonchev–Trinajstić information content (AvgIpc) is 2.59. The second-order valence-corrected chi connectivity index (χ2v) is 5.15. The highest BCUT2D eigenvalue weighted by Gasteiger charge is 2.12. The van der Waals surface area contributed by atoms with E-state index in [0.29, 0.717) is 6.04 Å². The Morgan fingerprint density at radius 2 is 1.76 bits per heavy atom. The first kappa shape index (κ1) is 12.6. The van der Waals surface area contributed by atoms with Gasteiger partial charge in [0.05, 0.1) is 6.54 Å². The summed E-state index contributed by atoms with van der Waals surface area (Å²) in [7, 11) is 2.03. The topological polar surface area (TPSA) is 42.7 Å². The van der Waals surface area contributed by atoms with Crippen LogP contribution in [0, 0.1) is 6.92 Å². The molecule has 1 aliphatic carbocycles. The lowest BCUT2D eigenvalue weighted by Crippen LogP contribution is -2.30. The number of aromatic nitrogens is 3. The molecule has 1 heterocycles. The second kappa shape index (κ2) is 6.15. The molecule has 1 fully saturated rings. The molecule has 96 valence electrons. The van der Waals surface area contributed by atoms with Crippen LogP contribution in [-0.4, -0.2) is 20.8 Å². The third-order valence-corrected chi connectivity index (χ3v) is 3.84. The Kier molecular flexibility index (Phi) is 4.54. The van der Waals surface area contributed by atoms with E-state index in [2.05, 4.69) is 20.1 Å². The van der Waals surface area contributed by atoms with Crippen LogP contribution in [0.2, 0.25) is 0 Å². The molecule has 0 unspecified atom stereocenters. The van der Waals surface area contributed by atoms with Gasteiger partial charge in [-0.2, -0.15) is 0 Å². The van der Waals surface area contributed by atoms with E-state index in [0.717, 1.165) is 18.2 Å². The van der Waals surface area contributed by atoms with Crippen molar-refractivity contribution in [2.24, 2.45) is 7.05 Å². The number of nitrogens with one attached hydrogen (secondary N) is 1. The van der Waals surface area contributed by atoms with Gasteiger partial charge in [0.15, 0.2) is 0 Å². The third kappa shape index (κ3) is 3.53. The third-order valence-electron chi connectivity index (χ3n) is 3.84. The summed E-state index contributed by atoms with van der Waals surface area (Å²) < 4.78 is 2.07. The molecule has 2 rings (SSSR count). The van der Waals surface area contributed by atoms with Crippen molar-refractivity contribution in [2.45, 2.75) is 64.5 Å². The van der Waals surface area contributed by atoms with Gasteiger partial charge in [0.2, 0.25) is 0 Å². The van der Waals surface area contributed by atoms with Crippen LogP contribution in [0.4, 0.5) is 0 Å².